The third-order valence-corrected chi connectivity index (χ3v) is 9.67. The van der Waals surface area contributed by atoms with Gasteiger partial charge in [-0.25, -0.2) is 0 Å². The van der Waals surface area contributed by atoms with E-state index in [9.17, 15) is 14.4 Å². The molecule has 0 spiro atoms. The summed E-state index contributed by atoms with van der Waals surface area (Å²) in [6.07, 6.45) is 72.8. The van der Waals surface area contributed by atoms with Crippen LogP contribution in [0.25, 0.3) is 0 Å². The molecule has 0 saturated carbocycles. The number of carbonyl (C=O) groups excluding carboxylic acids is 3. The van der Waals surface area contributed by atoms with Crippen LogP contribution in [0.4, 0.5) is 0 Å². The summed E-state index contributed by atoms with van der Waals surface area (Å²) in [5, 5.41) is 0. The van der Waals surface area contributed by atoms with E-state index in [0.29, 0.717) is 12.8 Å². The van der Waals surface area contributed by atoms with Gasteiger partial charge in [0.2, 0.25) is 0 Å². The standard InChI is InChI=1S/C58H88O6/c1-4-7-10-13-16-19-21-23-25-27-29-31-32-34-36-39-42-45-48-51-57(60)63-54-55(53-62-56(59)50-47-44-41-38-18-15-12-9-6-3)64-58(61)52-49-46-43-40-37-35-33-30-28-26-24-22-20-17-14-11-8-5-2/h7,9-10,12,16-20,22-26,28-31,33-34,36,38,42,45,55H,4-6,8,11,13-15,21,27,32,35,37,39-41,43-44,46-54H2,1-3H3/b10-7-,12-9-,19-16-,20-17-,24-22-,25-23-,28-26-,31-29-,33-30-,36-34-,38-18-,45-42-. The second kappa shape index (κ2) is 50.9. The average Bonchev–Trinajstić information content (AvgIpc) is 3.29. The smallest absolute Gasteiger partial charge is 0.306 e. The second-order valence-corrected chi connectivity index (χ2v) is 15.7. The number of rotatable bonds is 42. The minimum Gasteiger partial charge on any atom is -0.462 e. The largest absolute Gasteiger partial charge is 0.462 e. The van der Waals surface area contributed by atoms with Crippen LogP contribution in [0.5, 0.6) is 0 Å². The molecule has 0 aromatic carbocycles. The summed E-state index contributed by atoms with van der Waals surface area (Å²) in [6, 6.07) is 0. The lowest BCUT2D eigenvalue weighted by molar-refractivity contribution is -0.166. The molecule has 6 heteroatoms. The van der Waals surface area contributed by atoms with Crippen molar-refractivity contribution < 1.29 is 28.6 Å². The molecule has 0 aliphatic carbocycles. The van der Waals surface area contributed by atoms with Gasteiger partial charge < -0.3 is 14.2 Å². The van der Waals surface area contributed by atoms with Gasteiger partial charge in [0.25, 0.3) is 0 Å². The Balaban J connectivity index is 4.56. The van der Waals surface area contributed by atoms with Crippen LogP contribution < -0.4 is 0 Å². The SMILES string of the molecule is CC/C=C\C/C=C\C/C=C\C/C=C\C/C=C\C/C=C\CCC(=O)OCC(COC(=O)CCCC/C=C\C/C=C\CC)OC(=O)CCCCCCC\C=C/C=C\C=C/C=C\CCCCC. The minimum atomic E-state index is -0.839. The van der Waals surface area contributed by atoms with E-state index in [2.05, 4.69) is 154 Å². The Bertz CT molecular complexity index is 1480. The molecule has 6 nitrogen and oxygen atoms in total. The number of ether oxygens (including phenoxy) is 3. The molecular formula is C58H88O6. The Morgan fingerprint density at radius 3 is 1.22 bits per heavy atom. The fourth-order valence-electron chi connectivity index (χ4n) is 5.99. The summed E-state index contributed by atoms with van der Waals surface area (Å²) in [5.74, 6) is -1.09. The maximum atomic E-state index is 12.8. The number of hydrogen-bond acceptors (Lipinski definition) is 6. The van der Waals surface area contributed by atoms with Gasteiger partial charge in [0.05, 0.1) is 0 Å². The Morgan fingerprint density at radius 2 is 0.703 bits per heavy atom. The molecule has 0 fully saturated rings. The molecule has 0 rings (SSSR count). The molecule has 0 radical (unpaired) electrons. The van der Waals surface area contributed by atoms with Crippen molar-refractivity contribution in [2.24, 2.45) is 0 Å². The van der Waals surface area contributed by atoms with Crippen LogP contribution in [0.2, 0.25) is 0 Å². The average molecular weight is 881 g/mol. The fraction of sp³-hybridized carbons (Fsp3) is 0.534. The summed E-state index contributed by atoms with van der Waals surface area (Å²) in [4.78, 5) is 37.8. The number of unbranched alkanes of at least 4 members (excludes halogenated alkanes) is 10. The third kappa shape index (κ3) is 48.3. The van der Waals surface area contributed by atoms with E-state index < -0.39 is 6.10 Å². The summed E-state index contributed by atoms with van der Waals surface area (Å²) in [6.45, 7) is 6.21. The van der Waals surface area contributed by atoms with Gasteiger partial charge in [-0.15, -0.1) is 0 Å². The molecule has 0 aliphatic heterocycles. The van der Waals surface area contributed by atoms with Crippen molar-refractivity contribution in [2.75, 3.05) is 13.2 Å². The summed E-state index contributed by atoms with van der Waals surface area (Å²) >= 11 is 0. The normalized spacial score (nSPS) is 13.4. The molecule has 0 amide bonds. The first kappa shape index (κ1) is 59.3. The molecule has 1 unspecified atom stereocenters. The van der Waals surface area contributed by atoms with Crippen LogP contribution in [0, 0.1) is 0 Å². The van der Waals surface area contributed by atoms with Gasteiger partial charge in [-0.3, -0.25) is 14.4 Å². The van der Waals surface area contributed by atoms with E-state index in [1.165, 1.54) is 19.3 Å². The Labute approximate surface area is 391 Å². The molecule has 0 bridgehead atoms. The van der Waals surface area contributed by atoms with Gasteiger partial charge in [0.1, 0.15) is 13.2 Å². The third-order valence-electron chi connectivity index (χ3n) is 9.67. The molecule has 356 valence electrons. The molecule has 0 aromatic rings. The highest BCUT2D eigenvalue weighted by Gasteiger charge is 2.19. The van der Waals surface area contributed by atoms with Crippen molar-refractivity contribution >= 4 is 17.9 Å². The summed E-state index contributed by atoms with van der Waals surface area (Å²) in [7, 11) is 0. The van der Waals surface area contributed by atoms with Crippen molar-refractivity contribution in [3.63, 3.8) is 0 Å². The maximum Gasteiger partial charge on any atom is 0.306 e. The number of carbonyl (C=O) groups is 3. The molecular weight excluding hydrogens is 793 g/mol. The van der Waals surface area contributed by atoms with Gasteiger partial charge in [0, 0.05) is 19.3 Å². The topological polar surface area (TPSA) is 78.9 Å². The first-order valence-electron chi connectivity index (χ1n) is 24.9. The predicted molar refractivity (Wildman–Crippen MR) is 274 cm³/mol. The monoisotopic (exact) mass is 881 g/mol. The summed E-state index contributed by atoms with van der Waals surface area (Å²) in [5.41, 5.74) is 0. The number of hydrogen-bond donors (Lipinski definition) is 0. The zero-order valence-corrected chi connectivity index (χ0v) is 40.5. The molecule has 0 saturated heterocycles. The van der Waals surface area contributed by atoms with E-state index in [1.807, 2.05) is 12.2 Å². The minimum absolute atomic E-state index is 0.135. The van der Waals surface area contributed by atoms with Gasteiger partial charge in [0.15, 0.2) is 6.10 Å². The highest BCUT2D eigenvalue weighted by Crippen LogP contribution is 2.11. The molecule has 1 atom stereocenters. The maximum absolute atomic E-state index is 12.8. The lowest BCUT2D eigenvalue weighted by atomic mass is 10.1. The van der Waals surface area contributed by atoms with Crippen molar-refractivity contribution in [1.82, 2.24) is 0 Å². The van der Waals surface area contributed by atoms with Gasteiger partial charge in [-0.1, -0.05) is 199 Å². The Kier molecular flexibility index (Phi) is 47.2. The van der Waals surface area contributed by atoms with Crippen molar-refractivity contribution in [2.45, 2.75) is 187 Å². The van der Waals surface area contributed by atoms with Gasteiger partial charge in [-0.05, 0) is 109 Å². The fourth-order valence-corrected chi connectivity index (χ4v) is 5.99. The van der Waals surface area contributed by atoms with Crippen LogP contribution in [-0.2, 0) is 28.6 Å². The van der Waals surface area contributed by atoms with Crippen LogP contribution in [-0.4, -0.2) is 37.2 Å². The van der Waals surface area contributed by atoms with Crippen molar-refractivity contribution in [3.05, 3.63) is 146 Å². The van der Waals surface area contributed by atoms with Crippen LogP contribution in [0.3, 0.4) is 0 Å². The molecule has 0 aliphatic rings. The van der Waals surface area contributed by atoms with Gasteiger partial charge >= 0.3 is 17.9 Å². The second-order valence-electron chi connectivity index (χ2n) is 15.7. The highest BCUT2D eigenvalue weighted by atomic mass is 16.6. The van der Waals surface area contributed by atoms with E-state index >= 15 is 0 Å². The summed E-state index contributed by atoms with van der Waals surface area (Å²) < 4.78 is 16.6. The first-order chi connectivity index (χ1) is 31.5. The zero-order chi connectivity index (χ0) is 46.5. The quantitative estimate of drug-likeness (QED) is 0.0200. The molecule has 0 aromatic heterocycles. The van der Waals surface area contributed by atoms with Gasteiger partial charge in [-0.2, -0.15) is 0 Å². The van der Waals surface area contributed by atoms with Crippen molar-refractivity contribution in [1.29, 1.82) is 0 Å². The number of esters is 3. The van der Waals surface area contributed by atoms with Crippen molar-refractivity contribution in [3.8, 4) is 0 Å². The predicted octanol–water partition coefficient (Wildman–Crippen LogP) is 16.5. The van der Waals surface area contributed by atoms with Crippen LogP contribution in [0.15, 0.2) is 146 Å². The highest BCUT2D eigenvalue weighted by molar-refractivity contribution is 5.71. The van der Waals surface area contributed by atoms with Crippen LogP contribution in [0.1, 0.15) is 181 Å². The Hall–Kier alpha value is -4.71. The number of allylic oxidation sites excluding steroid dienone is 24. The van der Waals surface area contributed by atoms with E-state index in [0.717, 1.165) is 109 Å². The lowest BCUT2D eigenvalue weighted by Crippen LogP contribution is -2.30. The van der Waals surface area contributed by atoms with E-state index in [4.69, 9.17) is 14.2 Å². The molecule has 0 N–H and O–H groups in total. The first-order valence-corrected chi connectivity index (χ1v) is 24.9. The molecule has 64 heavy (non-hydrogen) atoms. The Morgan fingerprint density at radius 1 is 0.344 bits per heavy atom. The van der Waals surface area contributed by atoms with E-state index in [1.54, 1.807) is 0 Å². The lowest BCUT2D eigenvalue weighted by Gasteiger charge is -2.18. The zero-order valence-electron chi connectivity index (χ0n) is 40.5. The van der Waals surface area contributed by atoms with Crippen LogP contribution >= 0.6 is 0 Å². The molecule has 0 heterocycles. The van der Waals surface area contributed by atoms with E-state index in [-0.39, 0.29) is 50.4 Å².